The minimum Gasteiger partial charge on any atom is -0.481 e. The number of halogens is 1. The van der Waals surface area contributed by atoms with Crippen LogP contribution in [0.4, 0.5) is 0 Å². The second kappa shape index (κ2) is 3.27. The van der Waals surface area contributed by atoms with Gasteiger partial charge >= 0.3 is 5.97 Å². The third kappa shape index (κ3) is 1.65. The van der Waals surface area contributed by atoms with Gasteiger partial charge in [0.25, 0.3) is 0 Å². The molecule has 0 amide bonds. The summed E-state index contributed by atoms with van der Waals surface area (Å²) < 4.78 is 0.802. The normalized spacial score (nSPS) is 27.4. The maximum atomic E-state index is 11.0. The summed E-state index contributed by atoms with van der Waals surface area (Å²) in [4.78, 5) is 19.3. The molecule has 1 fully saturated rings. The first-order valence-corrected chi connectivity index (χ1v) is 5.44. The average Bonchev–Trinajstić information content (AvgIpc) is 2.70. The molecule has 2 unspecified atom stereocenters. The third-order valence-electron chi connectivity index (χ3n) is 3.01. The molecule has 1 aliphatic carbocycles. The predicted octanol–water partition coefficient (Wildman–Crippen LogP) is 2.06. The maximum Gasteiger partial charge on any atom is 0.307 e. The Balaban J connectivity index is 2.27. The van der Waals surface area contributed by atoms with Gasteiger partial charge in [-0.05, 0) is 21.3 Å². The van der Waals surface area contributed by atoms with E-state index in [0.29, 0.717) is 5.82 Å². The number of aliphatic carboxylic acids is 1. The molecule has 0 saturated heterocycles. The van der Waals surface area contributed by atoms with E-state index in [2.05, 4.69) is 25.9 Å². The van der Waals surface area contributed by atoms with Crippen molar-refractivity contribution in [2.45, 2.75) is 19.8 Å². The van der Waals surface area contributed by atoms with Crippen molar-refractivity contribution in [3.8, 4) is 0 Å². The van der Waals surface area contributed by atoms with Crippen LogP contribution >= 0.6 is 15.9 Å². The Kier molecular flexibility index (Phi) is 2.30. The molecule has 0 aliphatic heterocycles. The van der Waals surface area contributed by atoms with Crippen LogP contribution in [0, 0.1) is 11.3 Å². The Morgan fingerprint density at radius 3 is 2.40 bits per heavy atom. The highest BCUT2D eigenvalue weighted by molar-refractivity contribution is 9.10. The molecule has 5 heteroatoms. The van der Waals surface area contributed by atoms with Gasteiger partial charge in [0.1, 0.15) is 5.82 Å². The fourth-order valence-electron chi connectivity index (χ4n) is 2.06. The zero-order valence-electron chi connectivity index (χ0n) is 8.44. The summed E-state index contributed by atoms with van der Waals surface area (Å²) in [6.45, 7) is 3.86. The summed E-state index contributed by atoms with van der Waals surface area (Å²) in [5, 5.41) is 9.01. The smallest absolute Gasteiger partial charge is 0.307 e. The zero-order valence-corrected chi connectivity index (χ0v) is 10.0. The van der Waals surface area contributed by atoms with Gasteiger partial charge in [0.2, 0.25) is 0 Å². The first-order chi connectivity index (χ1) is 6.94. The lowest BCUT2D eigenvalue weighted by Crippen LogP contribution is -2.03. The van der Waals surface area contributed by atoms with Crippen molar-refractivity contribution in [3.05, 3.63) is 22.7 Å². The van der Waals surface area contributed by atoms with E-state index in [-0.39, 0.29) is 17.3 Å². The standard InChI is InChI=1S/C10H11BrN2O2/c1-10(2)6(7(10)9(14)15)8-12-3-5(11)4-13-8/h3-4,6-7H,1-2H3,(H,14,15). The second-order valence-corrected chi connectivity index (χ2v) is 5.29. The molecule has 2 atom stereocenters. The van der Waals surface area contributed by atoms with E-state index in [1.54, 1.807) is 12.4 Å². The number of hydrogen-bond donors (Lipinski definition) is 1. The monoisotopic (exact) mass is 270 g/mol. The first kappa shape index (κ1) is 10.5. The minimum absolute atomic E-state index is 0.0666. The van der Waals surface area contributed by atoms with Gasteiger partial charge in [0.05, 0.1) is 10.4 Å². The van der Waals surface area contributed by atoms with Crippen LogP contribution < -0.4 is 0 Å². The van der Waals surface area contributed by atoms with Crippen molar-refractivity contribution >= 4 is 21.9 Å². The van der Waals surface area contributed by atoms with Crippen molar-refractivity contribution in [2.75, 3.05) is 0 Å². The van der Waals surface area contributed by atoms with Crippen LogP contribution in [-0.4, -0.2) is 21.0 Å². The molecule has 1 heterocycles. The van der Waals surface area contributed by atoms with Crippen molar-refractivity contribution in [1.29, 1.82) is 0 Å². The summed E-state index contributed by atoms with van der Waals surface area (Å²) >= 11 is 3.25. The largest absolute Gasteiger partial charge is 0.481 e. The summed E-state index contributed by atoms with van der Waals surface area (Å²) in [5.41, 5.74) is -0.236. The molecule has 0 aromatic carbocycles. The quantitative estimate of drug-likeness (QED) is 0.894. The van der Waals surface area contributed by atoms with E-state index in [4.69, 9.17) is 5.11 Å². The van der Waals surface area contributed by atoms with E-state index in [0.717, 1.165) is 4.47 Å². The molecule has 0 radical (unpaired) electrons. The molecule has 80 valence electrons. The first-order valence-electron chi connectivity index (χ1n) is 4.65. The second-order valence-electron chi connectivity index (χ2n) is 4.37. The lowest BCUT2D eigenvalue weighted by Gasteiger charge is -2.00. The third-order valence-corrected chi connectivity index (χ3v) is 3.42. The van der Waals surface area contributed by atoms with E-state index in [1.807, 2.05) is 13.8 Å². The molecule has 15 heavy (non-hydrogen) atoms. The van der Waals surface area contributed by atoms with Crippen LogP contribution in [0.5, 0.6) is 0 Å². The summed E-state index contributed by atoms with van der Waals surface area (Å²) in [5.74, 6) is -0.575. The number of carboxylic acid groups (broad SMARTS) is 1. The Labute approximate surface area is 95.9 Å². The van der Waals surface area contributed by atoms with Crippen LogP contribution in [0.15, 0.2) is 16.9 Å². The van der Waals surface area contributed by atoms with Gasteiger partial charge in [-0.1, -0.05) is 13.8 Å². The SMILES string of the molecule is CC1(C)C(C(=O)O)C1c1ncc(Br)cn1. The van der Waals surface area contributed by atoms with Crippen molar-refractivity contribution in [1.82, 2.24) is 9.97 Å². The summed E-state index contributed by atoms with van der Waals surface area (Å²) in [7, 11) is 0. The maximum absolute atomic E-state index is 11.0. The van der Waals surface area contributed by atoms with Crippen molar-refractivity contribution in [3.63, 3.8) is 0 Å². The van der Waals surface area contributed by atoms with Crippen LogP contribution in [0.3, 0.4) is 0 Å². The fourth-order valence-corrected chi connectivity index (χ4v) is 2.27. The van der Waals surface area contributed by atoms with Gasteiger partial charge in [-0.25, -0.2) is 9.97 Å². The highest BCUT2D eigenvalue weighted by Crippen LogP contribution is 2.63. The minimum atomic E-state index is -0.767. The van der Waals surface area contributed by atoms with Crippen LogP contribution in [0.2, 0.25) is 0 Å². The molecular formula is C10H11BrN2O2. The average molecular weight is 271 g/mol. The predicted molar refractivity (Wildman–Crippen MR) is 57.4 cm³/mol. The number of hydrogen-bond acceptors (Lipinski definition) is 3. The zero-order chi connectivity index (χ0) is 11.2. The molecule has 1 saturated carbocycles. The molecule has 1 aromatic heterocycles. The van der Waals surface area contributed by atoms with Gasteiger partial charge in [0.15, 0.2) is 0 Å². The van der Waals surface area contributed by atoms with Gasteiger partial charge in [0, 0.05) is 18.3 Å². The Morgan fingerprint density at radius 1 is 1.47 bits per heavy atom. The van der Waals surface area contributed by atoms with Crippen LogP contribution in [-0.2, 0) is 4.79 Å². The van der Waals surface area contributed by atoms with Crippen molar-refractivity contribution in [2.24, 2.45) is 11.3 Å². The molecule has 1 aliphatic rings. The highest BCUT2D eigenvalue weighted by Gasteiger charge is 2.64. The lowest BCUT2D eigenvalue weighted by molar-refractivity contribution is -0.139. The van der Waals surface area contributed by atoms with Gasteiger partial charge in [-0.2, -0.15) is 0 Å². The van der Waals surface area contributed by atoms with Crippen molar-refractivity contribution < 1.29 is 9.90 Å². The molecule has 2 rings (SSSR count). The van der Waals surface area contributed by atoms with Gasteiger partial charge in [-0.3, -0.25) is 4.79 Å². The van der Waals surface area contributed by atoms with E-state index >= 15 is 0 Å². The van der Waals surface area contributed by atoms with E-state index in [9.17, 15) is 4.79 Å². The number of carboxylic acids is 1. The number of nitrogens with zero attached hydrogens (tertiary/aromatic N) is 2. The number of carbonyl (C=O) groups is 1. The summed E-state index contributed by atoms with van der Waals surface area (Å²) in [6.07, 6.45) is 3.30. The van der Waals surface area contributed by atoms with E-state index in [1.165, 1.54) is 0 Å². The molecule has 0 spiro atoms. The Hall–Kier alpha value is -0.970. The molecule has 1 aromatic rings. The topological polar surface area (TPSA) is 63.1 Å². The lowest BCUT2D eigenvalue weighted by atomic mass is 10.1. The number of rotatable bonds is 2. The molecular weight excluding hydrogens is 260 g/mol. The molecule has 1 N–H and O–H groups in total. The van der Waals surface area contributed by atoms with Crippen LogP contribution in [0.25, 0.3) is 0 Å². The van der Waals surface area contributed by atoms with Crippen LogP contribution in [0.1, 0.15) is 25.6 Å². The molecule has 4 nitrogen and oxygen atoms in total. The Morgan fingerprint density at radius 2 is 2.00 bits per heavy atom. The highest BCUT2D eigenvalue weighted by atomic mass is 79.9. The number of aromatic nitrogens is 2. The van der Waals surface area contributed by atoms with Gasteiger partial charge < -0.3 is 5.11 Å². The summed E-state index contributed by atoms with van der Waals surface area (Å²) in [6, 6.07) is 0. The van der Waals surface area contributed by atoms with Gasteiger partial charge in [-0.15, -0.1) is 0 Å². The fraction of sp³-hybridized carbons (Fsp3) is 0.500. The van der Waals surface area contributed by atoms with E-state index < -0.39 is 5.97 Å². The Bertz CT molecular complexity index is 402. The molecule has 0 bridgehead atoms.